The van der Waals surface area contributed by atoms with Crippen molar-refractivity contribution in [2.45, 2.75) is 0 Å². The van der Waals surface area contributed by atoms with Gasteiger partial charge >= 0.3 is 5.97 Å². The Balaban J connectivity index is 2.40. The van der Waals surface area contributed by atoms with E-state index in [-0.39, 0.29) is 5.69 Å². The van der Waals surface area contributed by atoms with E-state index in [9.17, 15) is 4.79 Å². The molecule has 0 atom stereocenters. The van der Waals surface area contributed by atoms with Crippen LogP contribution in [0.15, 0.2) is 30.7 Å². The summed E-state index contributed by atoms with van der Waals surface area (Å²) in [4.78, 5) is 18.5. The maximum absolute atomic E-state index is 10.6. The topological polar surface area (TPSA) is 68.0 Å². The lowest BCUT2D eigenvalue weighted by Crippen LogP contribution is -2.00. The van der Waals surface area contributed by atoms with Gasteiger partial charge in [-0.1, -0.05) is 0 Å². The van der Waals surface area contributed by atoms with Crippen LogP contribution in [0, 0.1) is 0 Å². The number of hydrogen-bond donors (Lipinski definition) is 1. The Hall–Kier alpha value is -2.17. The highest BCUT2D eigenvalue weighted by molar-refractivity contribution is 5.85. The molecule has 0 aliphatic rings. The van der Waals surface area contributed by atoms with Gasteiger partial charge in [0.25, 0.3) is 0 Å². The van der Waals surface area contributed by atoms with Gasteiger partial charge in [-0.05, 0) is 12.1 Å². The van der Waals surface area contributed by atoms with Gasteiger partial charge in [0.15, 0.2) is 0 Å². The molecule has 0 fully saturated rings. The van der Waals surface area contributed by atoms with Gasteiger partial charge in [-0.25, -0.2) is 14.8 Å². The van der Waals surface area contributed by atoms with Gasteiger partial charge in [-0.2, -0.15) is 0 Å². The lowest BCUT2D eigenvalue weighted by atomic mass is 10.2. The van der Waals surface area contributed by atoms with Crippen molar-refractivity contribution in [2.24, 2.45) is 7.05 Å². The first-order valence-corrected chi connectivity index (χ1v) is 4.35. The van der Waals surface area contributed by atoms with Crippen LogP contribution in [0.3, 0.4) is 0 Å². The first-order chi connectivity index (χ1) is 7.18. The standard InChI is InChI=1S/C10H9N3O2/c1-13-5-4-11-9(13)7-2-3-8(10(14)15)12-6-7/h2-6H,1H3,(H,14,15). The molecule has 0 spiro atoms. The smallest absolute Gasteiger partial charge is 0.354 e. The molecule has 5 heteroatoms. The molecule has 2 heterocycles. The fourth-order valence-corrected chi connectivity index (χ4v) is 1.30. The molecule has 0 aliphatic heterocycles. The Kier molecular flexibility index (Phi) is 2.21. The van der Waals surface area contributed by atoms with Crippen LogP contribution in [0.2, 0.25) is 0 Å². The molecule has 2 rings (SSSR count). The van der Waals surface area contributed by atoms with Crippen LogP contribution in [0.25, 0.3) is 11.4 Å². The molecule has 5 nitrogen and oxygen atoms in total. The number of nitrogens with zero attached hydrogens (tertiary/aromatic N) is 3. The van der Waals surface area contributed by atoms with Crippen molar-refractivity contribution in [2.75, 3.05) is 0 Å². The SMILES string of the molecule is Cn1ccnc1-c1ccc(C(=O)O)nc1. The lowest BCUT2D eigenvalue weighted by Gasteiger charge is -2.01. The first-order valence-electron chi connectivity index (χ1n) is 4.35. The van der Waals surface area contributed by atoms with Gasteiger partial charge < -0.3 is 9.67 Å². The minimum absolute atomic E-state index is 0.0351. The lowest BCUT2D eigenvalue weighted by molar-refractivity contribution is 0.0690. The Bertz CT molecular complexity index is 488. The van der Waals surface area contributed by atoms with Crippen LogP contribution in [0.1, 0.15) is 10.5 Å². The maximum atomic E-state index is 10.6. The molecule has 0 aliphatic carbocycles. The second kappa shape index (κ2) is 3.53. The molecule has 1 N–H and O–H groups in total. The molecule has 2 aromatic rings. The number of aromatic nitrogens is 3. The molecular formula is C10H9N3O2. The molecule has 0 saturated carbocycles. The summed E-state index contributed by atoms with van der Waals surface area (Å²) in [6, 6.07) is 3.16. The predicted molar refractivity (Wildman–Crippen MR) is 53.4 cm³/mol. The van der Waals surface area contributed by atoms with Crippen LogP contribution in [-0.4, -0.2) is 25.6 Å². The average Bonchev–Trinajstić information content (AvgIpc) is 2.65. The second-order valence-corrected chi connectivity index (χ2v) is 3.10. The number of imidazole rings is 1. The van der Waals surface area contributed by atoms with Gasteiger partial charge in [-0.3, -0.25) is 0 Å². The summed E-state index contributed by atoms with van der Waals surface area (Å²) in [5, 5.41) is 8.68. The molecule has 0 radical (unpaired) electrons. The summed E-state index contributed by atoms with van der Waals surface area (Å²) >= 11 is 0. The Morgan fingerprint density at radius 3 is 2.67 bits per heavy atom. The highest BCUT2D eigenvalue weighted by Gasteiger charge is 2.06. The number of pyridine rings is 1. The van der Waals surface area contributed by atoms with E-state index in [4.69, 9.17) is 5.11 Å². The van der Waals surface area contributed by atoms with E-state index in [1.165, 1.54) is 12.3 Å². The summed E-state index contributed by atoms with van der Waals surface area (Å²) < 4.78 is 1.84. The molecular weight excluding hydrogens is 194 g/mol. The molecule has 0 bridgehead atoms. The molecule has 15 heavy (non-hydrogen) atoms. The summed E-state index contributed by atoms with van der Waals surface area (Å²) in [5.41, 5.74) is 0.834. The highest BCUT2D eigenvalue weighted by Crippen LogP contribution is 2.15. The fourth-order valence-electron chi connectivity index (χ4n) is 1.30. The van der Waals surface area contributed by atoms with Crippen molar-refractivity contribution in [3.8, 4) is 11.4 Å². The number of rotatable bonds is 2. The van der Waals surface area contributed by atoms with Gasteiger partial charge in [0, 0.05) is 31.2 Å². The zero-order chi connectivity index (χ0) is 10.8. The van der Waals surface area contributed by atoms with Crippen molar-refractivity contribution in [1.82, 2.24) is 14.5 Å². The van der Waals surface area contributed by atoms with Crippen LogP contribution >= 0.6 is 0 Å². The fraction of sp³-hybridized carbons (Fsp3) is 0.100. The number of carboxylic acid groups (broad SMARTS) is 1. The van der Waals surface area contributed by atoms with Crippen LogP contribution in [0.4, 0.5) is 0 Å². The predicted octanol–water partition coefficient (Wildman–Crippen LogP) is 1.18. The summed E-state index contributed by atoms with van der Waals surface area (Å²) in [5.74, 6) is -0.263. The van der Waals surface area contributed by atoms with Gasteiger partial charge in [0.1, 0.15) is 11.5 Å². The second-order valence-electron chi connectivity index (χ2n) is 3.10. The van der Waals surface area contributed by atoms with Crippen molar-refractivity contribution in [1.29, 1.82) is 0 Å². The number of carbonyl (C=O) groups is 1. The van der Waals surface area contributed by atoms with E-state index < -0.39 is 5.97 Å². The zero-order valence-electron chi connectivity index (χ0n) is 8.08. The number of aryl methyl sites for hydroxylation is 1. The highest BCUT2D eigenvalue weighted by atomic mass is 16.4. The van der Waals surface area contributed by atoms with Crippen molar-refractivity contribution >= 4 is 5.97 Å². The molecule has 0 saturated heterocycles. The number of aromatic carboxylic acids is 1. The molecule has 0 unspecified atom stereocenters. The summed E-state index contributed by atoms with van der Waals surface area (Å²) in [7, 11) is 1.87. The molecule has 0 aromatic carbocycles. The third-order valence-corrected chi connectivity index (χ3v) is 2.06. The van der Waals surface area contributed by atoms with Crippen LogP contribution < -0.4 is 0 Å². The Labute approximate surface area is 86.0 Å². The third kappa shape index (κ3) is 1.71. The number of hydrogen-bond acceptors (Lipinski definition) is 3. The van der Waals surface area contributed by atoms with Crippen molar-refractivity contribution in [3.63, 3.8) is 0 Å². The normalized spacial score (nSPS) is 10.2. The van der Waals surface area contributed by atoms with Gasteiger partial charge in [0.05, 0.1) is 0 Å². The quantitative estimate of drug-likeness (QED) is 0.795. The third-order valence-electron chi connectivity index (χ3n) is 2.06. The van der Waals surface area contributed by atoms with Crippen molar-refractivity contribution in [3.05, 3.63) is 36.4 Å². The summed E-state index contributed by atoms with van der Waals surface area (Å²) in [6.45, 7) is 0. The van der Waals surface area contributed by atoms with E-state index in [0.29, 0.717) is 0 Å². The van der Waals surface area contributed by atoms with Crippen LogP contribution in [-0.2, 0) is 7.05 Å². The minimum atomic E-state index is -1.03. The molecule has 2 aromatic heterocycles. The zero-order valence-corrected chi connectivity index (χ0v) is 8.08. The summed E-state index contributed by atoms with van der Waals surface area (Å²) in [6.07, 6.45) is 5.01. The van der Waals surface area contributed by atoms with E-state index in [0.717, 1.165) is 11.4 Å². The average molecular weight is 203 g/mol. The van der Waals surface area contributed by atoms with E-state index in [1.54, 1.807) is 12.3 Å². The van der Waals surface area contributed by atoms with Gasteiger partial charge in [-0.15, -0.1) is 0 Å². The first kappa shape index (κ1) is 9.39. The number of carboxylic acids is 1. The molecule has 76 valence electrons. The molecule has 0 amide bonds. The van der Waals surface area contributed by atoms with E-state index in [1.807, 2.05) is 17.8 Å². The van der Waals surface area contributed by atoms with E-state index in [2.05, 4.69) is 9.97 Å². The maximum Gasteiger partial charge on any atom is 0.354 e. The van der Waals surface area contributed by atoms with Crippen molar-refractivity contribution < 1.29 is 9.90 Å². The monoisotopic (exact) mass is 203 g/mol. The Morgan fingerprint density at radius 2 is 2.20 bits per heavy atom. The minimum Gasteiger partial charge on any atom is -0.477 e. The largest absolute Gasteiger partial charge is 0.477 e. The Morgan fingerprint density at radius 1 is 1.40 bits per heavy atom. The van der Waals surface area contributed by atoms with Crippen LogP contribution in [0.5, 0.6) is 0 Å². The van der Waals surface area contributed by atoms with E-state index >= 15 is 0 Å². The van der Waals surface area contributed by atoms with Gasteiger partial charge in [0.2, 0.25) is 0 Å².